The lowest BCUT2D eigenvalue weighted by molar-refractivity contribution is -0.141. The van der Waals surface area contributed by atoms with E-state index >= 15 is 0 Å². The Kier molecular flexibility index (Phi) is 4.29. The number of carbonyl (C=O) groups is 1. The largest absolute Gasteiger partial charge is 0.469 e. The van der Waals surface area contributed by atoms with E-state index in [2.05, 4.69) is 20.7 Å². The van der Waals surface area contributed by atoms with Crippen LogP contribution in [0.1, 0.15) is 23.6 Å². The first-order valence-corrected chi connectivity index (χ1v) is 5.42. The molecule has 15 heavy (non-hydrogen) atoms. The number of nitrogens with two attached hydrogens (primary N) is 1. The molecule has 0 aliphatic carbocycles. The molecule has 0 unspecified atom stereocenters. The summed E-state index contributed by atoms with van der Waals surface area (Å²) < 4.78 is 5.57. The molecule has 0 saturated heterocycles. The molecule has 0 amide bonds. The van der Waals surface area contributed by atoms with E-state index in [1.165, 1.54) is 7.11 Å². The van der Waals surface area contributed by atoms with Gasteiger partial charge < -0.3 is 10.5 Å². The maximum Gasteiger partial charge on any atom is 0.307 e. The summed E-state index contributed by atoms with van der Waals surface area (Å²) in [6.07, 6.45) is 0.200. The van der Waals surface area contributed by atoms with Crippen molar-refractivity contribution in [2.75, 3.05) is 7.11 Å². The van der Waals surface area contributed by atoms with Gasteiger partial charge in [-0.15, -0.1) is 0 Å². The molecule has 0 aliphatic heterocycles. The summed E-state index contributed by atoms with van der Waals surface area (Å²) in [6, 6.07) is 5.52. The van der Waals surface area contributed by atoms with Gasteiger partial charge in [-0.05, 0) is 24.1 Å². The second-order valence-corrected chi connectivity index (χ2v) is 4.25. The van der Waals surface area contributed by atoms with Crippen molar-refractivity contribution in [1.29, 1.82) is 0 Å². The van der Waals surface area contributed by atoms with E-state index in [0.29, 0.717) is 0 Å². The minimum atomic E-state index is -0.311. The van der Waals surface area contributed by atoms with Gasteiger partial charge in [-0.2, -0.15) is 0 Å². The van der Waals surface area contributed by atoms with E-state index in [-0.39, 0.29) is 18.4 Å². The zero-order valence-electron chi connectivity index (χ0n) is 8.79. The third-order valence-electron chi connectivity index (χ3n) is 2.24. The lowest BCUT2D eigenvalue weighted by atomic mass is 10.0. The molecule has 0 aliphatic rings. The average molecular weight is 272 g/mol. The van der Waals surface area contributed by atoms with Crippen LogP contribution < -0.4 is 5.73 Å². The number of aryl methyl sites for hydroxylation is 1. The predicted molar refractivity (Wildman–Crippen MR) is 62.4 cm³/mol. The molecule has 0 spiro atoms. The average Bonchev–Trinajstić information content (AvgIpc) is 2.21. The highest BCUT2D eigenvalue weighted by atomic mass is 79.9. The second-order valence-electron chi connectivity index (χ2n) is 3.40. The molecule has 1 aromatic rings. The number of benzene rings is 1. The molecular formula is C11H14BrNO2. The molecule has 2 N–H and O–H groups in total. The van der Waals surface area contributed by atoms with Gasteiger partial charge in [0, 0.05) is 10.5 Å². The summed E-state index contributed by atoms with van der Waals surface area (Å²) in [7, 11) is 1.36. The molecule has 3 nitrogen and oxygen atoms in total. The Balaban J connectivity index is 2.78. The van der Waals surface area contributed by atoms with Gasteiger partial charge >= 0.3 is 5.97 Å². The standard InChI is InChI=1S/C11H14BrNO2/c1-7-3-4-8(5-9(7)12)10(13)6-11(14)15-2/h3-5,10H,6,13H2,1-2H3/t10-/m1/s1. The van der Waals surface area contributed by atoms with Crippen LogP contribution in [0.4, 0.5) is 0 Å². The molecule has 0 aromatic heterocycles. The first kappa shape index (κ1) is 12.2. The van der Waals surface area contributed by atoms with Crippen LogP contribution in [0, 0.1) is 6.92 Å². The monoisotopic (exact) mass is 271 g/mol. The summed E-state index contributed by atoms with van der Waals surface area (Å²) >= 11 is 3.43. The molecule has 0 heterocycles. The van der Waals surface area contributed by atoms with Gasteiger partial charge in [0.1, 0.15) is 0 Å². The SMILES string of the molecule is COC(=O)C[C@@H](N)c1ccc(C)c(Br)c1. The fourth-order valence-electron chi connectivity index (χ4n) is 1.22. The van der Waals surface area contributed by atoms with Crippen molar-refractivity contribution in [1.82, 2.24) is 0 Å². The molecule has 0 fully saturated rings. The highest BCUT2D eigenvalue weighted by Crippen LogP contribution is 2.22. The van der Waals surface area contributed by atoms with Crippen LogP contribution in [0.3, 0.4) is 0 Å². The van der Waals surface area contributed by atoms with E-state index < -0.39 is 0 Å². The van der Waals surface area contributed by atoms with Gasteiger partial charge in [0.15, 0.2) is 0 Å². The maximum atomic E-state index is 11.0. The van der Waals surface area contributed by atoms with E-state index in [1.54, 1.807) is 0 Å². The molecule has 1 aromatic carbocycles. The van der Waals surface area contributed by atoms with E-state index in [9.17, 15) is 4.79 Å². The normalized spacial score (nSPS) is 12.3. The molecule has 1 atom stereocenters. The van der Waals surface area contributed by atoms with Crippen LogP contribution in [-0.4, -0.2) is 13.1 Å². The minimum absolute atomic E-state index is 0.200. The molecule has 82 valence electrons. The van der Waals surface area contributed by atoms with Crippen molar-refractivity contribution in [3.05, 3.63) is 33.8 Å². The van der Waals surface area contributed by atoms with Crippen molar-refractivity contribution in [3.8, 4) is 0 Å². The van der Waals surface area contributed by atoms with Gasteiger partial charge in [-0.25, -0.2) is 0 Å². The first-order valence-electron chi connectivity index (χ1n) is 4.63. The van der Waals surface area contributed by atoms with Crippen LogP contribution in [-0.2, 0) is 9.53 Å². The Bertz CT molecular complexity index is 366. The summed E-state index contributed by atoms with van der Waals surface area (Å²) in [5.41, 5.74) is 7.94. The zero-order valence-corrected chi connectivity index (χ0v) is 10.4. The van der Waals surface area contributed by atoms with Crippen LogP contribution in [0.25, 0.3) is 0 Å². The smallest absolute Gasteiger partial charge is 0.307 e. The molecule has 0 bridgehead atoms. The Morgan fingerprint density at radius 1 is 1.60 bits per heavy atom. The number of methoxy groups -OCH3 is 1. The number of rotatable bonds is 3. The third-order valence-corrected chi connectivity index (χ3v) is 3.09. The summed E-state index contributed by atoms with van der Waals surface area (Å²) in [6.45, 7) is 2.00. The fraction of sp³-hybridized carbons (Fsp3) is 0.364. The number of ether oxygens (including phenoxy) is 1. The van der Waals surface area contributed by atoms with Crippen molar-refractivity contribution in [2.45, 2.75) is 19.4 Å². The van der Waals surface area contributed by atoms with Crippen LogP contribution in [0.2, 0.25) is 0 Å². The third kappa shape index (κ3) is 3.32. The quantitative estimate of drug-likeness (QED) is 0.859. The first-order chi connectivity index (χ1) is 7.04. The Labute approximate surface area is 97.7 Å². The van der Waals surface area contributed by atoms with Crippen LogP contribution in [0.15, 0.2) is 22.7 Å². The molecule has 1 rings (SSSR count). The molecule has 4 heteroatoms. The highest BCUT2D eigenvalue weighted by Gasteiger charge is 2.12. The van der Waals surface area contributed by atoms with Crippen LogP contribution in [0.5, 0.6) is 0 Å². The minimum Gasteiger partial charge on any atom is -0.469 e. The Morgan fingerprint density at radius 3 is 2.80 bits per heavy atom. The predicted octanol–water partition coefficient (Wildman–Crippen LogP) is 2.32. The summed E-state index contributed by atoms with van der Waals surface area (Å²) in [4.78, 5) is 11.0. The number of esters is 1. The van der Waals surface area contributed by atoms with E-state index in [1.807, 2.05) is 25.1 Å². The van der Waals surface area contributed by atoms with Crippen molar-refractivity contribution >= 4 is 21.9 Å². The van der Waals surface area contributed by atoms with Gasteiger partial charge in [-0.3, -0.25) is 4.79 Å². The molecule has 0 radical (unpaired) electrons. The molecular weight excluding hydrogens is 258 g/mol. The Morgan fingerprint density at radius 2 is 2.27 bits per heavy atom. The summed E-state index contributed by atoms with van der Waals surface area (Å²) in [5.74, 6) is -0.292. The zero-order chi connectivity index (χ0) is 11.4. The number of hydrogen-bond acceptors (Lipinski definition) is 3. The van der Waals surface area contributed by atoms with Gasteiger partial charge in [0.25, 0.3) is 0 Å². The highest BCUT2D eigenvalue weighted by molar-refractivity contribution is 9.10. The lowest BCUT2D eigenvalue weighted by Gasteiger charge is -2.11. The van der Waals surface area contributed by atoms with Crippen molar-refractivity contribution < 1.29 is 9.53 Å². The van der Waals surface area contributed by atoms with Gasteiger partial charge in [0.05, 0.1) is 13.5 Å². The van der Waals surface area contributed by atoms with Crippen LogP contribution >= 0.6 is 15.9 Å². The number of halogens is 1. The summed E-state index contributed by atoms with van der Waals surface area (Å²) in [5, 5.41) is 0. The number of carbonyl (C=O) groups excluding carboxylic acids is 1. The van der Waals surface area contributed by atoms with Gasteiger partial charge in [-0.1, -0.05) is 28.1 Å². The Hall–Kier alpha value is -0.870. The van der Waals surface area contributed by atoms with E-state index in [4.69, 9.17) is 5.73 Å². The maximum absolute atomic E-state index is 11.0. The van der Waals surface area contributed by atoms with Crippen molar-refractivity contribution in [2.24, 2.45) is 5.73 Å². The second kappa shape index (κ2) is 5.28. The number of hydrogen-bond donors (Lipinski definition) is 1. The van der Waals surface area contributed by atoms with E-state index in [0.717, 1.165) is 15.6 Å². The van der Waals surface area contributed by atoms with Gasteiger partial charge in [0.2, 0.25) is 0 Å². The lowest BCUT2D eigenvalue weighted by Crippen LogP contribution is -2.16. The topological polar surface area (TPSA) is 52.3 Å². The van der Waals surface area contributed by atoms with Crippen molar-refractivity contribution in [3.63, 3.8) is 0 Å². The fourth-order valence-corrected chi connectivity index (χ4v) is 1.62. The molecule has 0 saturated carbocycles.